The number of nitrogens with zero attached hydrogens (tertiary/aromatic N) is 3. The second-order valence-electron chi connectivity index (χ2n) is 10.5. The maximum absolute atomic E-state index is 13.1. The van der Waals surface area contributed by atoms with E-state index in [1.54, 1.807) is 0 Å². The molecule has 0 spiro atoms. The molecule has 3 aliphatic heterocycles. The highest BCUT2D eigenvalue weighted by atomic mass is 16.2. The lowest BCUT2D eigenvalue weighted by Crippen LogP contribution is -2.51. The van der Waals surface area contributed by atoms with Gasteiger partial charge in [-0.05, 0) is 69.5 Å². The molecule has 3 heterocycles. The number of piperidine rings is 3. The van der Waals surface area contributed by atoms with Gasteiger partial charge in [0, 0.05) is 44.1 Å². The normalized spacial score (nSPS) is 22.5. The van der Waals surface area contributed by atoms with Gasteiger partial charge in [-0.1, -0.05) is 44.2 Å². The molecule has 0 unspecified atom stereocenters. The number of likely N-dealkylation sites (tertiary alicyclic amines) is 3. The number of carbonyl (C=O) groups excluding carboxylic acids is 2. The Morgan fingerprint density at radius 2 is 1.41 bits per heavy atom. The molecule has 3 aliphatic rings. The quantitative estimate of drug-likeness (QED) is 0.700. The van der Waals surface area contributed by atoms with Crippen LogP contribution in [0.2, 0.25) is 0 Å². The number of hydrogen-bond acceptors (Lipinski definition) is 3. The fourth-order valence-corrected chi connectivity index (χ4v) is 5.89. The monoisotopic (exact) mass is 439 g/mol. The first-order chi connectivity index (χ1) is 15.5. The summed E-state index contributed by atoms with van der Waals surface area (Å²) in [5.74, 6) is 1.70. The Hall–Kier alpha value is -1.88. The minimum absolute atomic E-state index is 0.0942. The summed E-state index contributed by atoms with van der Waals surface area (Å²) >= 11 is 0. The number of benzene rings is 1. The van der Waals surface area contributed by atoms with Crippen LogP contribution in [0.3, 0.4) is 0 Å². The third kappa shape index (κ3) is 5.72. The van der Waals surface area contributed by atoms with Gasteiger partial charge >= 0.3 is 0 Å². The van der Waals surface area contributed by atoms with Crippen molar-refractivity contribution in [3.05, 3.63) is 35.9 Å². The molecule has 0 aromatic heterocycles. The lowest BCUT2D eigenvalue weighted by Gasteiger charge is -2.43. The highest BCUT2D eigenvalue weighted by Crippen LogP contribution is 2.28. The molecule has 0 bridgehead atoms. The highest BCUT2D eigenvalue weighted by molar-refractivity contribution is 5.79. The first-order valence-corrected chi connectivity index (χ1v) is 12.9. The minimum Gasteiger partial charge on any atom is -0.342 e. The summed E-state index contributed by atoms with van der Waals surface area (Å²) in [7, 11) is 0. The second kappa shape index (κ2) is 10.8. The third-order valence-electron chi connectivity index (χ3n) is 7.96. The van der Waals surface area contributed by atoms with E-state index < -0.39 is 0 Å². The SMILES string of the molecule is CC(C)C(=O)N1CCC(N2CCC(C(=O)N3CCC(Cc4ccccc4)CC3)CC2)CC1. The maximum Gasteiger partial charge on any atom is 0.225 e. The zero-order chi connectivity index (χ0) is 22.5. The van der Waals surface area contributed by atoms with E-state index in [1.165, 1.54) is 5.56 Å². The number of rotatable bonds is 5. The van der Waals surface area contributed by atoms with Crippen molar-refractivity contribution >= 4 is 11.8 Å². The lowest BCUT2D eigenvalue weighted by atomic mass is 9.88. The Kier molecular flexibility index (Phi) is 7.88. The van der Waals surface area contributed by atoms with E-state index in [-0.39, 0.29) is 11.8 Å². The van der Waals surface area contributed by atoms with Crippen LogP contribution < -0.4 is 0 Å². The maximum atomic E-state index is 13.1. The van der Waals surface area contributed by atoms with Crippen LogP contribution in [-0.4, -0.2) is 71.8 Å². The number of carbonyl (C=O) groups is 2. The van der Waals surface area contributed by atoms with Crippen LogP contribution in [0.1, 0.15) is 57.9 Å². The molecular weight excluding hydrogens is 398 g/mol. The van der Waals surface area contributed by atoms with Gasteiger partial charge in [0.25, 0.3) is 0 Å². The van der Waals surface area contributed by atoms with Crippen LogP contribution in [0.25, 0.3) is 0 Å². The average molecular weight is 440 g/mol. The van der Waals surface area contributed by atoms with Crippen molar-refractivity contribution < 1.29 is 9.59 Å². The van der Waals surface area contributed by atoms with Gasteiger partial charge in [-0.15, -0.1) is 0 Å². The molecule has 176 valence electrons. The van der Waals surface area contributed by atoms with Crippen molar-refractivity contribution in [2.45, 2.75) is 64.8 Å². The van der Waals surface area contributed by atoms with Gasteiger partial charge in [0.1, 0.15) is 0 Å². The van der Waals surface area contributed by atoms with Gasteiger partial charge in [-0.3, -0.25) is 9.59 Å². The predicted octanol–water partition coefficient (Wildman–Crippen LogP) is 3.83. The molecule has 4 rings (SSSR count). The molecular formula is C27H41N3O2. The topological polar surface area (TPSA) is 43.9 Å². The molecule has 32 heavy (non-hydrogen) atoms. The van der Waals surface area contributed by atoms with Gasteiger partial charge in [0.15, 0.2) is 0 Å². The largest absolute Gasteiger partial charge is 0.342 e. The van der Waals surface area contributed by atoms with Crippen LogP contribution in [-0.2, 0) is 16.0 Å². The fraction of sp³-hybridized carbons (Fsp3) is 0.704. The summed E-state index contributed by atoms with van der Waals surface area (Å²) < 4.78 is 0. The molecule has 0 N–H and O–H groups in total. The zero-order valence-corrected chi connectivity index (χ0v) is 20.0. The van der Waals surface area contributed by atoms with E-state index >= 15 is 0 Å². The van der Waals surface area contributed by atoms with Crippen LogP contribution in [0.5, 0.6) is 0 Å². The fourth-order valence-electron chi connectivity index (χ4n) is 5.89. The van der Waals surface area contributed by atoms with E-state index in [0.29, 0.717) is 23.8 Å². The Balaban J connectivity index is 1.17. The zero-order valence-electron chi connectivity index (χ0n) is 20.0. The van der Waals surface area contributed by atoms with Gasteiger partial charge in [0.05, 0.1) is 0 Å². The van der Waals surface area contributed by atoms with E-state index in [4.69, 9.17) is 0 Å². The summed E-state index contributed by atoms with van der Waals surface area (Å²) in [4.78, 5) is 32.2. The molecule has 3 saturated heterocycles. The number of hydrogen-bond donors (Lipinski definition) is 0. The molecule has 5 heteroatoms. The smallest absolute Gasteiger partial charge is 0.225 e. The van der Waals surface area contributed by atoms with Crippen molar-refractivity contribution in [3.8, 4) is 0 Å². The van der Waals surface area contributed by atoms with Gasteiger partial charge < -0.3 is 14.7 Å². The van der Waals surface area contributed by atoms with Crippen molar-refractivity contribution in [1.82, 2.24) is 14.7 Å². The average Bonchev–Trinajstić information content (AvgIpc) is 2.84. The molecule has 1 aromatic carbocycles. The molecule has 1 aromatic rings. The second-order valence-corrected chi connectivity index (χ2v) is 10.5. The lowest BCUT2D eigenvalue weighted by molar-refractivity contribution is -0.139. The molecule has 3 fully saturated rings. The standard InChI is InChI=1S/C27H41N3O2/c1-21(2)26(31)29-18-12-25(13-19-29)28-16-10-24(11-17-28)27(32)30-14-8-23(9-15-30)20-22-6-4-3-5-7-22/h3-7,21,23-25H,8-20H2,1-2H3. The van der Waals surface area contributed by atoms with Crippen molar-refractivity contribution in [3.63, 3.8) is 0 Å². The molecule has 5 nitrogen and oxygen atoms in total. The molecule has 0 radical (unpaired) electrons. The van der Waals surface area contributed by atoms with E-state index in [1.807, 2.05) is 18.7 Å². The molecule has 0 atom stereocenters. The van der Waals surface area contributed by atoms with E-state index in [9.17, 15) is 9.59 Å². The minimum atomic E-state index is 0.0942. The van der Waals surface area contributed by atoms with Crippen LogP contribution in [0, 0.1) is 17.8 Å². The van der Waals surface area contributed by atoms with Crippen molar-refractivity contribution in [2.75, 3.05) is 39.3 Å². The third-order valence-corrected chi connectivity index (χ3v) is 7.96. The van der Waals surface area contributed by atoms with E-state index in [2.05, 4.69) is 40.1 Å². The summed E-state index contributed by atoms with van der Waals surface area (Å²) in [5, 5.41) is 0. The van der Waals surface area contributed by atoms with Crippen LogP contribution in [0.15, 0.2) is 30.3 Å². The highest BCUT2D eigenvalue weighted by Gasteiger charge is 2.34. The van der Waals surface area contributed by atoms with Gasteiger partial charge in [-0.2, -0.15) is 0 Å². The Morgan fingerprint density at radius 1 is 0.812 bits per heavy atom. The van der Waals surface area contributed by atoms with Crippen molar-refractivity contribution in [2.24, 2.45) is 17.8 Å². The summed E-state index contributed by atoms with van der Waals surface area (Å²) in [6.45, 7) is 9.67. The Labute approximate surface area is 194 Å². The first kappa shape index (κ1) is 23.3. The van der Waals surface area contributed by atoms with Gasteiger partial charge in [0.2, 0.25) is 11.8 Å². The molecule has 0 aliphatic carbocycles. The summed E-state index contributed by atoms with van der Waals surface area (Å²) in [6.07, 6.45) is 7.54. The Bertz CT molecular complexity index is 741. The van der Waals surface area contributed by atoms with Gasteiger partial charge in [-0.25, -0.2) is 0 Å². The summed E-state index contributed by atoms with van der Waals surface area (Å²) in [5.41, 5.74) is 1.42. The first-order valence-electron chi connectivity index (χ1n) is 12.9. The van der Waals surface area contributed by atoms with Crippen LogP contribution >= 0.6 is 0 Å². The predicted molar refractivity (Wildman–Crippen MR) is 128 cm³/mol. The van der Waals surface area contributed by atoms with Crippen molar-refractivity contribution in [1.29, 1.82) is 0 Å². The molecule has 0 saturated carbocycles. The van der Waals surface area contributed by atoms with Crippen LogP contribution in [0.4, 0.5) is 0 Å². The Morgan fingerprint density at radius 3 is 2.00 bits per heavy atom. The molecule has 2 amide bonds. The van der Waals surface area contributed by atoms with E-state index in [0.717, 1.165) is 84.2 Å². The summed E-state index contributed by atoms with van der Waals surface area (Å²) in [6, 6.07) is 11.3. The number of amides is 2.